The number of hydrogen-bond donors (Lipinski definition) is 4. The van der Waals surface area contributed by atoms with Crippen LogP contribution in [0.3, 0.4) is 0 Å². The van der Waals surface area contributed by atoms with Crippen LogP contribution in [0, 0.1) is 10.8 Å². The van der Waals surface area contributed by atoms with Crippen LogP contribution in [0.25, 0.3) is 44.5 Å². The predicted octanol–water partition coefficient (Wildman–Crippen LogP) is 7.38. The summed E-state index contributed by atoms with van der Waals surface area (Å²) in [7, 11) is 0. The van der Waals surface area contributed by atoms with E-state index in [1.807, 2.05) is 6.20 Å². The van der Waals surface area contributed by atoms with Gasteiger partial charge in [-0.2, -0.15) is 0 Å². The van der Waals surface area contributed by atoms with E-state index in [0.717, 1.165) is 50.6 Å². The van der Waals surface area contributed by atoms with Gasteiger partial charge in [-0.05, 0) is 50.8 Å². The number of H-pyrrole nitrogens is 2. The topological polar surface area (TPSA) is 109 Å². The molecule has 0 unspecified atom stereocenters. The van der Waals surface area contributed by atoms with Gasteiger partial charge in [0.25, 0.3) is 0 Å². The molecular formula is C32H38N6. The third kappa shape index (κ3) is 5.15. The number of benzene rings is 3. The Bertz CT molecular complexity index is 1540. The van der Waals surface area contributed by atoms with E-state index in [0.29, 0.717) is 0 Å². The van der Waals surface area contributed by atoms with Gasteiger partial charge in [-0.15, -0.1) is 0 Å². The summed E-state index contributed by atoms with van der Waals surface area (Å²) >= 11 is 0. The Kier molecular flexibility index (Phi) is 6.49. The van der Waals surface area contributed by atoms with E-state index in [1.54, 1.807) is 0 Å². The van der Waals surface area contributed by atoms with Crippen molar-refractivity contribution in [2.24, 2.45) is 22.3 Å². The van der Waals surface area contributed by atoms with Gasteiger partial charge in [-0.25, -0.2) is 9.97 Å². The van der Waals surface area contributed by atoms with Gasteiger partial charge in [0.2, 0.25) is 0 Å². The highest BCUT2D eigenvalue weighted by molar-refractivity contribution is 5.82. The number of hydrogen-bond acceptors (Lipinski definition) is 4. The third-order valence-corrected chi connectivity index (χ3v) is 7.30. The maximum Gasteiger partial charge on any atom is 0.124 e. The normalized spacial score (nSPS) is 14.1. The van der Waals surface area contributed by atoms with Crippen molar-refractivity contribution in [2.75, 3.05) is 0 Å². The summed E-state index contributed by atoms with van der Waals surface area (Å²) < 4.78 is 0. The number of aromatic nitrogens is 4. The fourth-order valence-corrected chi connectivity index (χ4v) is 4.52. The Balaban J connectivity index is 1.34. The Morgan fingerprint density at radius 2 is 1.08 bits per heavy atom. The van der Waals surface area contributed by atoms with E-state index in [-0.39, 0.29) is 22.9 Å². The van der Waals surface area contributed by atoms with Crippen LogP contribution in [0.2, 0.25) is 0 Å². The summed E-state index contributed by atoms with van der Waals surface area (Å²) in [4.78, 5) is 16.1. The van der Waals surface area contributed by atoms with Crippen molar-refractivity contribution in [3.63, 3.8) is 0 Å². The van der Waals surface area contributed by atoms with Crippen molar-refractivity contribution >= 4 is 11.0 Å². The molecule has 0 aliphatic carbocycles. The number of fused-ring (bicyclic) bond motifs is 1. The van der Waals surface area contributed by atoms with E-state index >= 15 is 0 Å². The third-order valence-electron chi connectivity index (χ3n) is 7.30. The number of rotatable bonds is 5. The van der Waals surface area contributed by atoms with E-state index in [1.165, 1.54) is 5.56 Å². The minimum absolute atomic E-state index is 0.0576. The fourth-order valence-electron chi connectivity index (χ4n) is 4.52. The molecule has 0 aliphatic heterocycles. The highest BCUT2D eigenvalue weighted by Gasteiger charge is 2.26. The molecule has 5 rings (SSSR count). The van der Waals surface area contributed by atoms with Crippen LogP contribution >= 0.6 is 0 Å². The van der Waals surface area contributed by atoms with Gasteiger partial charge in [-0.3, -0.25) is 0 Å². The highest BCUT2D eigenvalue weighted by Crippen LogP contribution is 2.33. The molecule has 0 bridgehead atoms. The zero-order chi connectivity index (χ0) is 27.2. The SMILES string of the molecule is CC(C)(C)[C@H](N)c1ncc(-c2ccc(-c3ccc(-c4ccc5nc([C@@H](N)C(C)(C)C)[nH]c5c4)cc3)cc2)[nH]1. The van der Waals surface area contributed by atoms with Crippen LogP contribution in [0.5, 0.6) is 0 Å². The molecule has 0 amide bonds. The maximum atomic E-state index is 6.42. The molecule has 0 fully saturated rings. The Labute approximate surface area is 224 Å². The Hall–Kier alpha value is -3.74. The first-order chi connectivity index (χ1) is 17.9. The lowest BCUT2D eigenvalue weighted by atomic mass is 9.87. The van der Waals surface area contributed by atoms with Crippen molar-refractivity contribution in [2.45, 2.75) is 53.6 Å². The van der Waals surface area contributed by atoms with Crippen LogP contribution in [-0.2, 0) is 0 Å². The molecule has 6 heteroatoms. The molecule has 0 radical (unpaired) electrons. The second-order valence-electron chi connectivity index (χ2n) is 12.4. The van der Waals surface area contributed by atoms with Gasteiger partial charge in [0.15, 0.2) is 0 Å². The van der Waals surface area contributed by atoms with Gasteiger partial charge in [0.1, 0.15) is 11.6 Å². The smallest absolute Gasteiger partial charge is 0.124 e. The van der Waals surface area contributed by atoms with Crippen LogP contribution in [0.4, 0.5) is 0 Å². The van der Waals surface area contributed by atoms with Crippen molar-refractivity contribution in [3.05, 3.63) is 84.6 Å². The zero-order valence-electron chi connectivity index (χ0n) is 23.1. The fraction of sp³-hybridized carbons (Fsp3) is 0.312. The van der Waals surface area contributed by atoms with Gasteiger partial charge >= 0.3 is 0 Å². The number of imidazole rings is 2. The lowest BCUT2D eigenvalue weighted by Crippen LogP contribution is -2.27. The highest BCUT2D eigenvalue weighted by atomic mass is 15.0. The first kappa shape index (κ1) is 25.9. The van der Waals surface area contributed by atoms with Gasteiger partial charge in [0.05, 0.1) is 35.0 Å². The number of nitrogens with one attached hydrogen (secondary N) is 2. The maximum absolute atomic E-state index is 6.42. The van der Waals surface area contributed by atoms with Crippen molar-refractivity contribution in [1.82, 2.24) is 19.9 Å². The van der Waals surface area contributed by atoms with E-state index in [4.69, 9.17) is 16.5 Å². The Morgan fingerprint density at radius 1 is 0.605 bits per heavy atom. The molecule has 2 atom stereocenters. The summed E-state index contributed by atoms with van der Waals surface area (Å²) in [6.45, 7) is 12.7. The molecule has 6 N–H and O–H groups in total. The molecule has 0 aliphatic rings. The van der Waals surface area contributed by atoms with Gasteiger partial charge in [0, 0.05) is 0 Å². The molecule has 0 saturated heterocycles. The minimum atomic E-state index is -0.152. The quantitative estimate of drug-likeness (QED) is 0.199. The van der Waals surface area contributed by atoms with Gasteiger partial charge < -0.3 is 21.4 Å². The monoisotopic (exact) mass is 506 g/mol. The second-order valence-corrected chi connectivity index (χ2v) is 12.4. The van der Waals surface area contributed by atoms with Crippen LogP contribution in [0.1, 0.15) is 65.3 Å². The number of aromatic amines is 2. The summed E-state index contributed by atoms with van der Waals surface area (Å²) in [5, 5.41) is 0. The molecule has 38 heavy (non-hydrogen) atoms. The Morgan fingerprint density at radius 3 is 1.63 bits per heavy atom. The van der Waals surface area contributed by atoms with E-state index < -0.39 is 0 Å². The molecular weight excluding hydrogens is 468 g/mol. The predicted molar refractivity (Wildman–Crippen MR) is 157 cm³/mol. The average Bonchev–Trinajstić information content (AvgIpc) is 3.54. The van der Waals surface area contributed by atoms with Crippen LogP contribution in [-0.4, -0.2) is 19.9 Å². The van der Waals surface area contributed by atoms with Crippen molar-refractivity contribution in [1.29, 1.82) is 0 Å². The summed E-state index contributed by atoms with van der Waals surface area (Å²) in [6, 6.07) is 23.2. The summed E-state index contributed by atoms with van der Waals surface area (Å²) in [5.41, 5.74) is 21.3. The van der Waals surface area contributed by atoms with Crippen LogP contribution in [0.15, 0.2) is 72.9 Å². The minimum Gasteiger partial charge on any atom is -0.341 e. The molecule has 3 aromatic carbocycles. The molecule has 0 spiro atoms. The van der Waals surface area contributed by atoms with Crippen molar-refractivity contribution < 1.29 is 0 Å². The molecule has 6 nitrogen and oxygen atoms in total. The zero-order valence-corrected chi connectivity index (χ0v) is 23.1. The van der Waals surface area contributed by atoms with E-state index in [9.17, 15) is 0 Å². The summed E-state index contributed by atoms with van der Waals surface area (Å²) in [6.07, 6.45) is 1.86. The molecule has 2 aromatic heterocycles. The summed E-state index contributed by atoms with van der Waals surface area (Å²) in [5.74, 6) is 1.64. The average molecular weight is 507 g/mol. The lowest BCUT2D eigenvalue weighted by molar-refractivity contribution is 0.317. The van der Waals surface area contributed by atoms with Crippen molar-refractivity contribution in [3.8, 4) is 33.5 Å². The molecule has 196 valence electrons. The number of nitrogens with zero attached hydrogens (tertiary/aromatic N) is 2. The lowest BCUT2D eigenvalue weighted by Gasteiger charge is -2.24. The first-order valence-corrected chi connectivity index (χ1v) is 13.2. The first-order valence-electron chi connectivity index (χ1n) is 13.2. The number of nitrogens with two attached hydrogens (primary N) is 2. The van der Waals surface area contributed by atoms with E-state index in [2.05, 4.69) is 123 Å². The molecule has 2 heterocycles. The van der Waals surface area contributed by atoms with Gasteiger partial charge in [-0.1, -0.05) is 96.1 Å². The standard InChI is InChI=1S/C32H38N6/c1-31(2,3)27(33)29-35-18-26(38-29)22-13-11-20(12-14-22)19-7-9-21(10-8-19)23-15-16-24-25(17-23)37-30(36-24)28(34)32(4,5)6/h7-18,27-28H,33-34H2,1-6H3,(H,35,38)(H,36,37)/t27-,28-/m1/s1. The largest absolute Gasteiger partial charge is 0.341 e. The molecule has 0 saturated carbocycles. The van der Waals surface area contributed by atoms with Crippen LogP contribution < -0.4 is 11.5 Å². The second kappa shape index (κ2) is 9.53. The molecule has 5 aromatic rings.